The van der Waals surface area contributed by atoms with Crippen molar-refractivity contribution in [2.24, 2.45) is 0 Å². The Morgan fingerprint density at radius 3 is 2.76 bits per heavy atom. The number of carbonyl (C=O) groups excluding carboxylic acids is 1. The van der Waals surface area contributed by atoms with Crippen molar-refractivity contribution in [3.8, 4) is 11.5 Å². The highest BCUT2D eigenvalue weighted by Gasteiger charge is 2.24. The minimum Gasteiger partial charge on any atom is -0.453 e. The second-order valence-corrected chi connectivity index (χ2v) is 8.20. The van der Waals surface area contributed by atoms with Crippen molar-refractivity contribution in [2.45, 2.75) is 18.8 Å². The molecule has 2 aromatic heterocycles. The molecule has 1 aliphatic heterocycles. The number of hydrogen-bond acceptors (Lipinski definition) is 3. The number of fused-ring (bicyclic) bond motifs is 1. The van der Waals surface area contributed by atoms with Crippen LogP contribution in [0.4, 0.5) is 4.39 Å². The fourth-order valence-corrected chi connectivity index (χ4v) is 4.35. The number of piperidine rings is 1. The number of H-pyrrole nitrogens is 1. The average molecular weight is 442 g/mol. The van der Waals surface area contributed by atoms with Gasteiger partial charge >= 0.3 is 0 Å². The zero-order valence-corrected chi connectivity index (χ0v) is 18.1. The van der Waals surface area contributed by atoms with E-state index in [4.69, 9.17) is 4.74 Å². The Hall–Kier alpha value is -3.93. The summed E-state index contributed by atoms with van der Waals surface area (Å²) in [6.07, 6.45) is 10.3. The molecule has 0 spiro atoms. The van der Waals surface area contributed by atoms with E-state index in [0.29, 0.717) is 30.3 Å². The molecule has 1 fully saturated rings. The Balaban J connectivity index is 1.19. The van der Waals surface area contributed by atoms with Crippen LogP contribution in [0.15, 0.2) is 79.3 Å². The summed E-state index contributed by atoms with van der Waals surface area (Å²) in [6.45, 7) is 1.42. The summed E-state index contributed by atoms with van der Waals surface area (Å²) >= 11 is 0. The van der Waals surface area contributed by atoms with Gasteiger partial charge < -0.3 is 14.6 Å². The third-order valence-corrected chi connectivity index (χ3v) is 6.10. The normalized spacial score (nSPS) is 14.8. The molecule has 33 heavy (non-hydrogen) atoms. The summed E-state index contributed by atoms with van der Waals surface area (Å²) in [4.78, 5) is 21.8. The summed E-state index contributed by atoms with van der Waals surface area (Å²) in [6, 6.07) is 16.4. The third-order valence-electron chi connectivity index (χ3n) is 6.10. The topological polar surface area (TPSA) is 58.2 Å². The van der Waals surface area contributed by atoms with E-state index in [0.717, 1.165) is 18.4 Å². The predicted octanol–water partition coefficient (Wildman–Crippen LogP) is 5.91. The fraction of sp³-hybridized carbons (Fsp3) is 0.185. The number of pyridine rings is 1. The molecular formula is C27H24FN3O2. The van der Waals surface area contributed by atoms with Gasteiger partial charge in [-0.1, -0.05) is 24.3 Å². The molecule has 0 atom stereocenters. The van der Waals surface area contributed by atoms with E-state index < -0.39 is 5.82 Å². The number of nitrogens with one attached hydrogen (secondary N) is 1. The van der Waals surface area contributed by atoms with Crippen LogP contribution in [-0.4, -0.2) is 33.9 Å². The summed E-state index contributed by atoms with van der Waals surface area (Å²) in [5.74, 6) is 0.476. The number of likely N-dealkylation sites (tertiary alicyclic amines) is 1. The third kappa shape index (κ3) is 4.65. The van der Waals surface area contributed by atoms with E-state index in [1.54, 1.807) is 36.5 Å². The van der Waals surface area contributed by atoms with Crippen LogP contribution in [0, 0.1) is 5.82 Å². The zero-order chi connectivity index (χ0) is 22.6. The lowest BCUT2D eigenvalue weighted by Gasteiger charge is -2.31. The highest BCUT2D eigenvalue weighted by molar-refractivity contribution is 5.92. The molecule has 0 bridgehead atoms. The lowest BCUT2D eigenvalue weighted by molar-refractivity contribution is -0.126. The number of aromatic nitrogens is 2. The molecular weight excluding hydrogens is 417 g/mol. The first-order valence-corrected chi connectivity index (χ1v) is 11.1. The molecule has 4 aromatic rings. The number of nitrogens with zero attached hydrogens (tertiary/aromatic N) is 2. The highest BCUT2D eigenvalue weighted by Crippen LogP contribution is 2.33. The Kier molecular flexibility index (Phi) is 5.89. The quantitative estimate of drug-likeness (QED) is 0.392. The van der Waals surface area contributed by atoms with Gasteiger partial charge in [0.2, 0.25) is 5.91 Å². The van der Waals surface area contributed by atoms with E-state index in [9.17, 15) is 9.18 Å². The Morgan fingerprint density at radius 1 is 1.12 bits per heavy atom. The van der Waals surface area contributed by atoms with Crippen molar-refractivity contribution in [1.29, 1.82) is 0 Å². The average Bonchev–Trinajstić information content (AvgIpc) is 3.29. The van der Waals surface area contributed by atoms with Gasteiger partial charge in [0.25, 0.3) is 0 Å². The summed E-state index contributed by atoms with van der Waals surface area (Å²) in [5, 5.41) is 1.26. The maximum absolute atomic E-state index is 14.4. The molecule has 3 heterocycles. The number of amides is 1. The summed E-state index contributed by atoms with van der Waals surface area (Å²) in [5.41, 5.74) is 3.09. The monoisotopic (exact) mass is 441 g/mol. The molecule has 2 aromatic carbocycles. The number of benzene rings is 2. The Morgan fingerprint density at radius 2 is 1.97 bits per heavy atom. The minimum atomic E-state index is -0.493. The van der Waals surface area contributed by atoms with Crippen LogP contribution in [0.2, 0.25) is 0 Å². The lowest BCUT2D eigenvalue weighted by atomic mass is 9.89. The molecule has 1 N–H and O–H groups in total. The smallest absolute Gasteiger partial charge is 0.246 e. The van der Waals surface area contributed by atoms with Gasteiger partial charge in [0, 0.05) is 42.5 Å². The molecule has 0 radical (unpaired) electrons. The number of carbonyl (C=O) groups is 1. The molecule has 1 amide bonds. The van der Waals surface area contributed by atoms with Gasteiger partial charge in [-0.25, -0.2) is 4.39 Å². The van der Waals surface area contributed by atoms with Crippen molar-refractivity contribution in [1.82, 2.24) is 14.9 Å². The van der Waals surface area contributed by atoms with E-state index in [1.165, 1.54) is 29.3 Å². The van der Waals surface area contributed by atoms with Crippen molar-refractivity contribution < 1.29 is 13.9 Å². The second-order valence-electron chi connectivity index (χ2n) is 8.20. The van der Waals surface area contributed by atoms with Crippen LogP contribution >= 0.6 is 0 Å². The van der Waals surface area contributed by atoms with E-state index >= 15 is 0 Å². The number of para-hydroxylation sites is 1. The molecule has 0 unspecified atom stereocenters. The van der Waals surface area contributed by atoms with E-state index in [-0.39, 0.29) is 11.7 Å². The second kappa shape index (κ2) is 9.28. The van der Waals surface area contributed by atoms with Crippen LogP contribution in [-0.2, 0) is 4.79 Å². The lowest BCUT2D eigenvalue weighted by Crippen LogP contribution is -2.36. The number of halogens is 1. The zero-order valence-electron chi connectivity index (χ0n) is 18.1. The van der Waals surface area contributed by atoms with Crippen LogP contribution in [0.1, 0.15) is 29.9 Å². The highest BCUT2D eigenvalue weighted by atomic mass is 19.1. The number of aromatic amines is 1. The van der Waals surface area contributed by atoms with Crippen molar-refractivity contribution in [2.75, 3.05) is 13.1 Å². The van der Waals surface area contributed by atoms with Crippen molar-refractivity contribution >= 4 is 22.9 Å². The molecule has 5 nitrogen and oxygen atoms in total. The van der Waals surface area contributed by atoms with Gasteiger partial charge in [0.1, 0.15) is 5.75 Å². The maximum Gasteiger partial charge on any atom is 0.246 e. The first kappa shape index (κ1) is 20.9. The molecule has 1 saturated heterocycles. The fourth-order valence-electron chi connectivity index (χ4n) is 4.35. The predicted molar refractivity (Wildman–Crippen MR) is 127 cm³/mol. The summed E-state index contributed by atoms with van der Waals surface area (Å²) < 4.78 is 19.9. The first-order chi connectivity index (χ1) is 16.2. The van der Waals surface area contributed by atoms with Crippen LogP contribution in [0.5, 0.6) is 11.5 Å². The minimum absolute atomic E-state index is 0.0523. The summed E-state index contributed by atoms with van der Waals surface area (Å²) in [7, 11) is 0. The largest absolute Gasteiger partial charge is 0.453 e. The van der Waals surface area contributed by atoms with Crippen LogP contribution in [0.3, 0.4) is 0 Å². The van der Waals surface area contributed by atoms with Crippen LogP contribution in [0.25, 0.3) is 17.0 Å². The molecule has 6 heteroatoms. The maximum atomic E-state index is 14.4. The SMILES string of the molecule is O=C(/C=C/c1ccc(Oc2cccnc2)c(F)c1)N1CCC(c2c[nH]c3ccccc23)CC1. The van der Waals surface area contributed by atoms with Gasteiger partial charge in [0.05, 0.1) is 6.20 Å². The van der Waals surface area contributed by atoms with Crippen molar-refractivity contribution in [3.05, 3.63) is 96.2 Å². The van der Waals surface area contributed by atoms with Crippen LogP contribution < -0.4 is 4.74 Å². The molecule has 5 rings (SSSR count). The van der Waals surface area contributed by atoms with E-state index in [2.05, 4.69) is 34.4 Å². The Labute approximate surface area is 191 Å². The van der Waals surface area contributed by atoms with E-state index in [1.807, 2.05) is 11.0 Å². The van der Waals surface area contributed by atoms with Gasteiger partial charge in [-0.2, -0.15) is 0 Å². The number of hydrogen-bond donors (Lipinski definition) is 1. The Bertz CT molecular complexity index is 1290. The molecule has 0 aliphatic carbocycles. The molecule has 1 aliphatic rings. The first-order valence-electron chi connectivity index (χ1n) is 11.1. The van der Waals surface area contributed by atoms with Gasteiger partial charge in [-0.3, -0.25) is 9.78 Å². The number of ether oxygens (including phenoxy) is 1. The molecule has 166 valence electrons. The van der Waals surface area contributed by atoms with Gasteiger partial charge in [0.15, 0.2) is 11.6 Å². The number of rotatable bonds is 5. The molecule has 0 saturated carbocycles. The standard InChI is InChI=1S/C27H24FN3O2/c28-24-16-19(7-9-26(24)33-21-4-3-13-29-17-21)8-10-27(32)31-14-11-20(12-15-31)23-18-30-25-6-2-1-5-22(23)25/h1-10,13,16-18,20,30H,11-12,14-15H2/b10-8+. The van der Waals surface area contributed by atoms with Gasteiger partial charge in [-0.15, -0.1) is 0 Å². The van der Waals surface area contributed by atoms with Gasteiger partial charge in [-0.05, 0) is 66.3 Å². The van der Waals surface area contributed by atoms with Crippen molar-refractivity contribution in [3.63, 3.8) is 0 Å².